The van der Waals surface area contributed by atoms with Crippen LogP contribution in [0.3, 0.4) is 0 Å². The Kier molecular flexibility index (Phi) is 6.44. The number of nitrogens with one attached hydrogen (secondary N) is 1. The zero-order valence-electron chi connectivity index (χ0n) is 11.5. The lowest BCUT2D eigenvalue weighted by atomic mass is 10.1. The summed E-state index contributed by atoms with van der Waals surface area (Å²) in [5, 5.41) is 2.98. The molecular weight excluding hydrogens is 224 g/mol. The summed E-state index contributed by atoms with van der Waals surface area (Å²) in [6.07, 6.45) is 4.79. The molecule has 1 amide bonds. The smallest absolute Gasteiger partial charge is 0.224 e. The first kappa shape index (κ1) is 14.7. The first-order chi connectivity index (χ1) is 8.65. The summed E-state index contributed by atoms with van der Waals surface area (Å²) in [5.74, 6) is 0.108. The molecule has 0 aromatic heterocycles. The van der Waals surface area contributed by atoms with Crippen LogP contribution in [0.1, 0.15) is 43.2 Å². The van der Waals surface area contributed by atoms with Crippen molar-refractivity contribution in [2.75, 3.05) is 11.9 Å². The van der Waals surface area contributed by atoms with Gasteiger partial charge >= 0.3 is 0 Å². The molecule has 100 valence electrons. The number of hydrogen-bond acceptors (Lipinski definition) is 2. The number of unbranched alkanes of at least 4 members (excludes halogenated alkanes) is 3. The summed E-state index contributed by atoms with van der Waals surface area (Å²) in [7, 11) is 0. The second kappa shape index (κ2) is 7.88. The van der Waals surface area contributed by atoms with Gasteiger partial charge in [0, 0.05) is 12.1 Å². The zero-order chi connectivity index (χ0) is 13.4. The number of anilines is 1. The Labute approximate surface area is 110 Å². The van der Waals surface area contributed by atoms with E-state index < -0.39 is 0 Å². The van der Waals surface area contributed by atoms with E-state index in [0.29, 0.717) is 6.42 Å². The number of aryl methyl sites for hydroxylation is 1. The van der Waals surface area contributed by atoms with Crippen LogP contribution in [-0.2, 0) is 4.79 Å². The van der Waals surface area contributed by atoms with Crippen molar-refractivity contribution >= 4 is 11.6 Å². The van der Waals surface area contributed by atoms with Gasteiger partial charge in [0.25, 0.3) is 0 Å². The molecule has 3 nitrogen and oxygen atoms in total. The number of rotatable bonds is 7. The molecule has 0 bridgehead atoms. The average Bonchev–Trinajstić information content (AvgIpc) is 2.35. The second-order valence-corrected chi connectivity index (χ2v) is 4.75. The minimum absolute atomic E-state index is 0.108. The van der Waals surface area contributed by atoms with Gasteiger partial charge in [-0.1, -0.05) is 25.0 Å². The van der Waals surface area contributed by atoms with Gasteiger partial charge in [0.15, 0.2) is 0 Å². The molecule has 0 aliphatic heterocycles. The number of carbonyl (C=O) groups is 1. The van der Waals surface area contributed by atoms with Crippen molar-refractivity contribution in [3.63, 3.8) is 0 Å². The van der Waals surface area contributed by atoms with Crippen molar-refractivity contribution in [2.24, 2.45) is 5.73 Å². The Morgan fingerprint density at radius 2 is 1.89 bits per heavy atom. The topological polar surface area (TPSA) is 55.1 Å². The van der Waals surface area contributed by atoms with E-state index in [0.717, 1.165) is 43.5 Å². The molecule has 3 heteroatoms. The van der Waals surface area contributed by atoms with Gasteiger partial charge in [-0.3, -0.25) is 4.79 Å². The molecule has 0 saturated carbocycles. The fourth-order valence-electron chi connectivity index (χ4n) is 1.88. The van der Waals surface area contributed by atoms with Gasteiger partial charge < -0.3 is 11.1 Å². The molecule has 0 fully saturated rings. The predicted molar refractivity (Wildman–Crippen MR) is 76.7 cm³/mol. The maximum Gasteiger partial charge on any atom is 0.224 e. The molecule has 0 aliphatic rings. The molecular formula is C15H24N2O. The minimum Gasteiger partial charge on any atom is -0.330 e. The fraction of sp³-hybridized carbons (Fsp3) is 0.533. The predicted octanol–water partition coefficient (Wildman–Crippen LogP) is 3.15. The monoisotopic (exact) mass is 248 g/mol. The molecule has 0 radical (unpaired) electrons. The van der Waals surface area contributed by atoms with Gasteiger partial charge in [0.05, 0.1) is 0 Å². The summed E-state index contributed by atoms with van der Waals surface area (Å²) >= 11 is 0. The number of benzene rings is 1. The maximum atomic E-state index is 11.8. The number of nitrogens with two attached hydrogens (primary N) is 1. The fourth-order valence-corrected chi connectivity index (χ4v) is 1.88. The number of carbonyl (C=O) groups excluding carboxylic acids is 1. The summed E-state index contributed by atoms with van der Waals surface area (Å²) in [5.41, 5.74) is 8.71. The highest BCUT2D eigenvalue weighted by molar-refractivity contribution is 5.91. The third-order valence-corrected chi connectivity index (χ3v) is 3.24. The standard InChI is InChI=1S/C15H24N2O/c1-12-8-7-9-14(13(12)2)17-15(18)10-5-3-4-6-11-16/h7-9H,3-6,10-11,16H2,1-2H3,(H,17,18). The van der Waals surface area contributed by atoms with E-state index in [2.05, 4.69) is 18.3 Å². The third-order valence-electron chi connectivity index (χ3n) is 3.24. The van der Waals surface area contributed by atoms with Gasteiger partial charge in [-0.05, 0) is 50.4 Å². The van der Waals surface area contributed by atoms with Crippen LogP contribution >= 0.6 is 0 Å². The molecule has 1 aromatic carbocycles. The van der Waals surface area contributed by atoms with Crippen LogP contribution in [0.5, 0.6) is 0 Å². The molecule has 0 spiro atoms. The van der Waals surface area contributed by atoms with Crippen molar-refractivity contribution in [3.8, 4) is 0 Å². The number of hydrogen-bond donors (Lipinski definition) is 2. The van der Waals surface area contributed by atoms with Crippen LogP contribution in [0.2, 0.25) is 0 Å². The van der Waals surface area contributed by atoms with Crippen molar-refractivity contribution in [3.05, 3.63) is 29.3 Å². The Morgan fingerprint density at radius 1 is 1.17 bits per heavy atom. The molecule has 0 heterocycles. The van der Waals surface area contributed by atoms with Crippen molar-refractivity contribution < 1.29 is 4.79 Å². The van der Waals surface area contributed by atoms with E-state index in [9.17, 15) is 4.79 Å². The van der Waals surface area contributed by atoms with Crippen LogP contribution in [0.15, 0.2) is 18.2 Å². The Balaban J connectivity index is 2.34. The Bertz CT molecular complexity index is 388. The highest BCUT2D eigenvalue weighted by atomic mass is 16.1. The molecule has 18 heavy (non-hydrogen) atoms. The lowest BCUT2D eigenvalue weighted by Gasteiger charge is -2.10. The zero-order valence-corrected chi connectivity index (χ0v) is 11.5. The van der Waals surface area contributed by atoms with Crippen LogP contribution in [0, 0.1) is 13.8 Å². The second-order valence-electron chi connectivity index (χ2n) is 4.75. The Hall–Kier alpha value is -1.35. The van der Waals surface area contributed by atoms with E-state index in [1.165, 1.54) is 5.56 Å². The van der Waals surface area contributed by atoms with E-state index >= 15 is 0 Å². The molecule has 0 atom stereocenters. The lowest BCUT2D eigenvalue weighted by molar-refractivity contribution is -0.116. The molecule has 0 unspecified atom stereocenters. The van der Waals surface area contributed by atoms with Gasteiger partial charge in [0.1, 0.15) is 0 Å². The number of amides is 1. The van der Waals surface area contributed by atoms with E-state index in [4.69, 9.17) is 5.73 Å². The van der Waals surface area contributed by atoms with Crippen LogP contribution in [0.4, 0.5) is 5.69 Å². The quantitative estimate of drug-likeness (QED) is 0.728. The summed E-state index contributed by atoms with van der Waals surface area (Å²) in [6.45, 7) is 4.83. The van der Waals surface area contributed by atoms with Crippen molar-refractivity contribution in [1.82, 2.24) is 0 Å². The normalized spacial score (nSPS) is 10.4. The van der Waals surface area contributed by atoms with Crippen LogP contribution in [0.25, 0.3) is 0 Å². The average molecular weight is 248 g/mol. The van der Waals surface area contributed by atoms with E-state index in [1.54, 1.807) is 0 Å². The van der Waals surface area contributed by atoms with Crippen molar-refractivity contribution in [2.45, 2.75) is 46.0 Å². The van der Waals surface area contributed by atoms with Crippen LogP contribution < -0.4 is 11.1 Å². The molecule has 3 N–H and O–H groups in total. The highest BCUT2D eigenvalue weighted by Gasteiger charge is 2.05. The molecule has 0 aliphatic carbocycles. The largest absolute Gasteiger partial charge is 0.330 e. The lowest BCUT2D eigenvalue weighted by Crippen LogP contribution is -2.12. The van der Waals surface area contributed by atoms with Gasteiger partial charge in [0.2, 0.25) is 5.91 Å². The SMILES string of the molecule is Cc1cccc(NC(=O)CCCCCCN)c1C. The summed E-state index contributed by atoms with van der Waals surface area (Å²) in [6, 6.07) is 5.98. The first-order valence-electron chi connectivity index (χ1n) is 6.71. The highest BCUT2D eigenvalue weighted by Crippen LogP contribution is 2.18. The molecule has 1 aromatic rings. The van der Waals surface area contributed by atoms with E-state index in [-0.39, 0.29) is 5.91 Å². The van der Waals surface area contributed by atoms with Crippen LogP contribution in [-0.4, -0.2) is 12.5 Å². The molecule has 1 rings (SSSR count). The summed E-state index contributed by atoms with van der Waals surface area (Å²) < 4.78 is 0. The van der Waals surface area contributed by atoms with Gasteiger partial charge in [-0.2, -0.15) is 0 Å². The molecule has 0 saturated heterocycles. The van der Waals surface area contributed by atoms with Gasteiger partial charge in [-0.15, -0.1) is 0 Å². The van der Waals surface area contributed by atoms with Gasteiger partial charge in [-0.25, -0.2) is 0 Å². The van der Waals surface area contributed by atoms with E-state index in [1.807, 2.05) is 19.1 Å². The summed E-state index contributed by atoms with van der Waals surface area (Å²) in [4.78, 5) is 11.8. The minimum atomic E-state index is 0.108. The van der Waals surface area contributed by atoms with Crippen molar-refractivity contribution in [1.29, 1.82) is 0 Å². The third kappa shape index (κ3) is 4.88. The maximum absolute atomic E-state index is 11.8. The first-order valence-corrected chi connectivity index (χ1v) is 6.71. The Morgan fingerprint density at radius 3 is 2.61 bits per heavy atom.